The highest BCUT2D eigenvalue weighted by Crippen LogP contribution is 2.17. The maximum atomic E-state index is 11.0. The Kier molecular flexibility index (Phi) is 4.32. The molecule has 0 aromatic heterocycles. The van der Waals surface area contributed by atoms with Crippen LogP contribution in [0.15, 0.2) is 0 Å². The van der Waals surface area contributed by atoms with Crippen molar-refractivity contribution in [3.63, 3.8) is 0 Å². The molecule has 2 saturated heterocycles. The fourth-order valence-electron chi connectivity index (χ4n) is 2.64. The lowest BCUT2D eigenvalue weighted by molar-refractivity contribution is -0.115. The van der Waals surface area contributed by atoms with Crippen LogP contribution >= 0.6 is 0 Å². The van der Waals surface area contributed by atoms with Gasteiger partial charge in [-0.1, -0.05) is 6.42 Å². The molecule has 2 aliphatic heterocycles. The van der Waals surface area contributed by atoms with Gasteiger partial charge in [-0.05, 0) is 26.4 Å². The van der Waals surface area contributed by atoms with Crippen LogP contribution < -0.4 is 0 Å². The van der Waals surface area contributed by atoms with E-state index in [1.165, 1.54) is 12.8 Å². The number of aldehydes is 1. The largest absolute Gasteiger partial charge is 0.374 e. The third kappa shape index (κ3) is 3.03. The van der Waals surface area contributed by atoms with Crippen molar-refractivity contribution in [1.29, 1.82) is 0 Å². The monoisotopic (exact) mass is 226 g/mol. The smallest absolute Gasteiger partial charge is 0.137 e. The number of hydrogen-bond donors (Lipinski definition) is 0. The molecule has 0 N–H and O–H groups in total. The molecule has 0 bridgehead atoms. The summed E-state index contributed by atoms with van der Waals surface area (Å²) in [5.74, 6) is 0. The van der Waals surface area contributed by atoms with Gasteiger partial charge >= 0.3 is 0 Å². The van der Waals surface area contributed by atoms with Crippen molar-refractivity contribution in [3.05, 3.63) is 0 Å². The van der Waals surface area contributed by atoms with Gasteiger partial charge in [-0.15, -0.1) is 0 Å². The van der Waals surface area contributed by atoms with E-state index < -0.39 is 0 Å². The van der Waals surface area contributed by atoms with E-state index in [9.17, 15) is 4.79 Å². The summed E-state index contributed by atoms with van der Waals surface area (Å²) in [7, 11) is 2.13. The molecule has 92 valence electrons. The minimum atomic E-state index is 0.129. The van der Waals surface area contributed by atoms with Gasteiger partial charge in [0.15, 0.2) is 0 Å². The summed E-state index contributed by atoms with van der Waals surface area (Å²) in [5.41, 5.74) is 0. The van der Waals surface area contributed by atoms with Crippen LogP contribution in [0.2, 0.25) is 0 Å². The molecule has 2 heterocycles. The Hall–Kier alpha value is -0.450. The second-order valence-corrected chi connectivity index (χ2v) is 4.95. The first-order chi connectivity index (χ1) is 7.79. The Bertz CT molecular complexity index is 235. The fourth-order valence-corrected chi connectivity index (χ4v) is 2.64. The molecular weight excluding hydrogens is 204 g/mol. The summed E-state index contributed by atoms with van der Waals surface area (Å²) < 4.78 is 5.74. The molecule has 2 aliphatic rings. The van der Waals surface area contributed by atoms with Crippen molar-refractivity contribution in [1.82, 2.24) is 9.80 Å². The molecule has 2 rings (SSSR count). The van der Waals surface area contributed by atoms with Crippen LogP contribution in [0.25, 0.3) is 0 Å². The van der Waals surface area contributed by atoms with E-state index in [2.05, 4.69) is 16.8 Å². The Balaban J connectivity index is 1.84. The van der Waals surface area contributed by atoms with Crippen LogP contribution in [0.3, 0.4) is 0 Å². The Morgan fingerprint density at radius 2 is 2.25 bits per heavy atom. The van der Waals surface area contributed by atoms with Crippen LogP contribution in [0.1, 0.15) is 19.3 Å². The molecule has 2 unspecified atom stereocenters. The van der Waals surface area contributed by atoms with Gasteiger partial charge < -0.3 is 14.4 Å². The number of rotatable bonds is 3. The van der Waals surface area contributed by atoms with Crippen LogP contribution in [0, 0.1) is 0 Å². The Labute approximate surface area is 97.5 Å². The van der Waals surface area contributed by atoms with Gasteiger partial charge in [-0.3, -0.25) is 4.90 Å². The number of carbonyl (C=O) groups is 1. The number of nitrogens with zero attached hydrogens (tertiary/aromatic N) is 2. The highest BCUT2D eigenvalue weighted by atomic mass is 16.5. The minimum absolute atomic E-state index is 0.129. The van der Waals surface area contributed by atoms with Gasteiger partial charge in [0.1, 0.15) is 6.29 Å². The van der Waals surface area contributed by atoms with E-state index in [4.69, 9.17) is 4.74 Å². The van der Waals surface area contributed by atoms with Gasteiger partial charge in [0.2, 0.25) is 0 Å². The molecule has 0 amide bonds. The Morgan fingerprint density at radius 1 is 1.38 bits per heavy atom. The molecule has 2 atom stereocenters. The quantitative estimate of drug-likeness (QED) is 0.651. The zero-order valence-electron chi connectivity index (χ0n) is 10.1. The average molecular weight is 226 g/mol. The van der Waals surface area contributed by atoms with Crippen LogP contribution in [-0.4, -0.2) is 68.1 Å². The Morgan fingerprint density at radius 3 is 3.00 bits per heavy atom. The third-order valence-corrected chi connectivity index (χ3v) is 3.60. The van der Waals surface area contributed by atoms with E-state index >= 15 is 0 Å². The predicted octanol–water partition coefficient (Wildman–Crippen LogP) is 0.370. The fraction of sp³-hybridized carbons (Fsp3) is 0.917. The summed E-state index contributed by atoms with van der Waals surface area (Å²) in [6, 6.07) is 0.129. The van der Waals surface area contributed by atoms with E-state index in [0.717, 1.165) is 45.5 Å². The first-order valence-corrected chi connectivity index (χ1v) is 6.29. The minimum Gasteiger partial charge on any atom is -0.374 e. The van der Waals surface area contributed by atoms with Crippen molar-refractivity contribution in [3.8, 4) is 0 Å². The normalized spacial score (nSPS) is 33.8. The molecule has 0 aliphatic carbocycles. The summed E-state index contributed by atoms with van der Waals surface area (Å²) in [6.45, 7) is 4.79. The molecule has 4 heteroatoms. The molecule has 0 spiro atoms. The first kappa shape index (κ1) is 12.0. The van der Waals surface area contributed by atoms with Crippen molar-refractivity contribution < 1.29 is 9.53 Å². The second kappa shape index (κ2) is 5.75. The summed E-state index contributed by atoms with van der Waals surface area (Å²) in [4.78, 5) is 15.6. The summed E-state index contributed by atoms with van der Waals surface area (Å²) in [5, 5.41) is 0. The van der Waals surface area contributed by atoms with Crippen molar-refractivity contribution in [2.75, 3.05) is 39.8 Å². The van der Waals surface area contributed by atoms with Crippen molar-refractivity contribution in [2.24, 2.45) is 0 Å². The zero-order chi connectivity index (χ0) is 11.4. The van der Waals surface area contributed by atoms with Gasteiger partial charge in [-0.25, -0.2) is 0 Å². The van der Waals surface area contributed by atoms with E-state index in [1.807, 2.05) is 0 Å². The van der Waals surface area contributed by atoms with E-state index in [1.54, 1.807) is 0 Å². The maximum Gasteiger partial charge on any atom is 0.137 e. The van der Waals surface area contributed by atoms with Crippen LogP contribution in [0.5, 0.6) is 0 Å². The predicted molar refractivity (Wildman–Crippen MR) is 62.5 cm³/mol. The lowest BCUT2D eigenvalue weighted by atomic mass is 10.0. The topological polar surface area (TPSA) is 32.8 Å². The van der Waals surface area contributed by atoms with Gasteiger partial charge in [-0.2, -0.15) is 0 Å². The van der Waals surface area contributed by atoms with Crippen LogP contribution in [0.4, 0.5) is 0 Å². The number of piperidine rings is 1. The highest BCUT2D eigenvalue weighted by molar-refractivity contribution is 5.57. The van der Waals surface area contributed by atoms with Gasteiger partial charge in [0, 0.05) is 19.6 Å². The lowest BCUT2D eigenvalue weighted by Gasteiger charge is -2.37. The number of carbonyl (C=O) groups excluding carboxylic acids is 1. The SMILES string of the molecule is CN1CCOC(CN2CCCCC2C=O)C1. The molecular formula is C12H22N2O2. The van der Waals surface area contributed by atoms with Crippen LogP contribution in [-0.2, 0) is 9.53 Å². The third-order valence-electron chi connectivity index (χ3n) is 3.60. The van der Waals surface area contributed by atoms with Crippen molar-refractivity contribution in [2.45, 2.75) is 31.4 Å². The summed E-state index contributed by atoms with van der Waals surface area (Å²) in [6.07, 6.45) is 4.80. The maximum absolute atomic E-state index is 11.0. The number of morpholine rings is 1. The molecule has 0 saturated carbocycles. The summed E-state index contributed by atoms with van der Waals surface area (Å²) >= 11 is 0. The second-order valence-electron chi connectivity index (χ2n) is 4.95. The molecule has 4 nitrogen and oxygen atoms in total. The zero-order valence-corrected chi connectivity index (χ0v) is 10.1. The number of ether oxygens (including phenoxy) is 1. The highest BCUT2D eigenvalue weighted by Gasteiger charge is 2.26. The number of hydrogen-bond acceptors (Lipinski definition) is 4. The lowest BCUT2D eigenvalue weighted by Crippen LogP contribution is -2.50. The molecule has 0 aromatic carbocycles. The first-order valence-electron chi connectivity index (χ1n) is 6.29. The van der Waals surface area contributed by atoms with Gasteiger partial charge in [0.05, 0.1) is 18.8 Å². The number of likely N-dealkylation sites (N-methyl/N-ethyl adjacent to an activating group) is 1. The molecule has 0 aromatic rings. The average Bonchev–Trinajstić information content (AvgIpc) is 2.30. The van der Waals surface area contributed by atoms with E-state index in [-0.39, 0.29) is 12.1 Å². The standard InChI is InChI=1S/C12H22N2O2/c1-13-6-7-16-12(8-13)9-14-5-3-2-4-11(14)10-15/h10-12H,2-9H2,1H3. The molecule has 16 heavy (non-hydrogen) atoms. The number of likely N-dealkylation sites (tertiary alicyclic amines) is 1. The van der Waals surface area contributed by atoms with Gasteiger partial charge in [0.25, 0.3) is 0 Å². The van der Waals surface area contributed by atoms with Crippen molar-refractivity contribution >= 4 is 6.29 Å². The molecule has 0 radical (unpaired) electrons. The molecule has 2 fully saturated rings. The van der Waals surface area contributed by atoms with E-state index in [0.29, 0.717) is 0 Å².